The minimum atomic E-state index is -4.17. The van der Waals surface area contributed by atoms with E-state index in [9.17, 15) is 8.42 Å². The van der Waals surface area contributed by atoms with Crippen LogP contribution in [0.1, 0.15) is 5.56 Å². The summed E-state index contributed by atoms with van der Waals surface area (Å²) >= 11 is 0. The van der Waals surface area contributed by atoms with Crippen LogP contribution in [0.25, 0.3) is 10.8 Å². The molecular weight excluding hydrogens is 212 g/mol. The molecule has 0 fully saturated rings. The molecule has 0 amide bonds. The van der Waals surface area contributed by atoms with Crippen LogP contribution in [0.3, 0.4) is 0 Å². The molecule has 1 radical (unpaired) electrons. The third kappa shape index (κ3) is 1.86. The number of benzene rings is 2. The number of hydrogen-bond acceptors (Lipinski definition) is 2. The first-order valence-corrected chi connectivity index (χ1v) is 5.81. The average Bonchev–Trinajstić information content (AvgIpc) is 2.16. The Kier molecular flexibility index (Phi) is 2.25. The lowest BCUT2D eigenvalue weighted by molar-refractivity contribution is 0.483. The van der Waals surface area contributed by atoms with E-state index in [0.29, 0.717) is 5.39 Å². The second-order valence-electron chi connectivity index (χ2n) is 3.34. The van der Waals surface area contributed by atoms with Crippen LogP contribution in [0.15, 0.2) is 35.2 Å². The van der Waals surface area contributed by atoms with E-state index in [0.717, 1.165) is 10.9 Å². The molecule has 0 unspecified atom stereocenters. The molecule has 77 valence electrons. The lowest BCUT2D eigenvalue weighted by Gasteiger charge is -2.03. The number of hydrogen-bond donors (Lipinski definition) is 1. The van der Waals surface area contributed by atoms with Gasteiger partial charge in [-0.3, -0.25) is 4.55 Å². The quantitative estimate of drug-likeness (QED) is 0.751. The van der Waals surface area contributed by atoms with Crippen LogP contribution in [-0.2, 0) is 10.1 Å². The second kappa shape index (κ2) is 3.32. The van der Waals surface area contributed by atoms with Gasteiger partial charge in [-0.1, -0.05) is 24.3 Å². The minimum absolute atomic E-state index is 0.182. The fourth-order valence-corrected chi connectivity index (χ4v) is 2.08. The van der Waals surface area contributed by atoms with Gasteiger partial charge in [0.15, 0.2) is 0 Å². The van der Waals surface area contributed by atoms with Gasteiger partial charge < -0.3 is 0 Å². The lowest BCUT2D eigenvalue weighted by atomic mass is 10.1. The summed E-state index contributed by atoms with van der Waals surface area (Å²) in [6.45, 7) is 1.80. The van der Waals surface area contributed by atoms with Crippen molar-refractivity contribution < 1.29 is 13.0 Å². The molecule has 0 saturated carbocycles. The van der Waals surface area contributed by atoms with E-state index in [1.54, 1.807) is 19.1 Å². The molecule has 0 aliphatic rings. The Bertz CT molecular complexity index is 615. The summed E-state index contributed by atoms with van der Waals surface area (Å²) in [5.41, 5.74) is 0.803. The Balaban J connectivity index is 2.85. The normalized spacial score (nSPS) is 11.9. The molecule has 0 aliphatic carbocycles. The molecule has 0 saturated heterocycles. The molecule has 0 bridgehead atoms. The molecule has 2 aromatic carbocycles. The molecule has 0 aliphatic heterocycles. The highest BCUT2D eigenvalue weighted by Crippen LogP contribution is 2.22. The van der Waals surface area contributed by atoms with Crippen molar-refractivity contribution >= 4 is 20.9 Å². The predicted octanol–water partition coefficient (Wildman–Crippen LogP) is 2.20. The fraction of sp³-hybridized carbons (Fsp3) is 0.0909. The summed E-state index contributed by atoms with van der Waals surface area (Å²) in [6, 6.07) is 11.4. The van der Waals surface area contributed by atoms with Gasteiger partial charge in [0.25, 0.3) is 10.1 Å². The van der Waals surface area contributed by atoms with Crippen LogP contribution in [0.4, 0.5) is 0 Å². The fourth-order valence-electron chi connectivity index (χ4n) is 1.52. The molecule has 4 heteroatoms. The summed E-state index contributed by atoms with van der Waals surface area (Å²) in [7, 11) is -4.17. The first kappa shape index (κ1) is 10.1. The van der Waals surface area contributed by atoms with E-state index in [2.05, 4.69) is 6.07 Å². The van der Waals surface area contributed by atoms with Gasteiger partial charge in [-0.15, -0.1) is 0 Å². The molecule has 0 heterocycles. The van der Waals surface area contributed by atoms with Crippen LogP contribution >= 0.6 is 0 Å². The molecule has 3 nitrogen and oxygen atoms in total. The minimum Gasteiger partial charge on any atom is -0.282 e. The van der Waals surface area contributed by atoms with Crippen molar-refractivity contribution in [2.45, 2.75) is 11.8 Å². The Hall–Kier alpha value is -1.39. The largest absolute Gasteiger partial charge is 0.295 e. The summed E-state index contributed by atoms with van der Waals surface area (Å²) < 4.78 is 30.8. The maximum Gasteiger partial charge on any atom is 0.295 e. The summed E-state index contributed by atoms with van der Waals surface area (Å²) in [5.74, 6) is 0. The number of rotatable bonds is 1. The van der Waals surface area contributed by atoms with Crippen molar-refractivity contribution in [3.05, 3.63) is 42.0 Å². The molecule has 0 spiro atoms. The van der Waals surface area contributed by atoms with Crippen LogP contribution in [0.2, 0.25) is 0 Å². The first-order valence-electron chi connectivity index (χ1n) is 4.37. The lowest BCUT2D eigenvalue weighted by Crippen LogP contribution is -1.99. The monoisotopic (exact) mass is 221 g/mol. The predicted molar refractivity (Wildman–Crippen MR) is 57.3 cm³/mol. The molecule has 0 aromatic heterocycles. The van der Waals surface area contributed by atoms with Crippen LogP contribution in [-0.4, -0.2) is 13.0 Å². The highest BCUT2D eigenvalue weighted by Gasteiger charge is 2.11. The van der Waals surface area contributed by atoms with Crippen molar-refractivity contribution in [1.82, 2.24) is 0 Å². The van der Waals surface area contributed by atoms with Gasteiger partial charge in [0.05, 0.1) is 0 Å². The van der Waals surface area contributed by atoms with Crippen LogP contribution in [0.5, 0.6) is 0 Å². The standard InChI is InChI=1S/C11H9O3S/c1-8-6-10(15(12,13)14)7-9-4-2-3-5-11(8)9/h2-6H,1H3,(H,12,13,14). The average molecular weight is 221 g/mol. The van der Waals surface area contributed by atoms with E-state index in [4.69, 9.17) is 4.55 Å². The van der Waals surface area contributed by atoms with E-state index in [1.165, 1.54) is 6.07 Å². The number of aryl methyl sites for hydroxylation is 1. The molecule has 2 rings (SSSR count). The zero-order valence-electron chi connectivity index (χ0n) is 8.06. The molecule has 0 atom stereocenters. The molecule has 2 aromatic rings. The molecule has 15 heavy (non-hydrogen) atoms. The Labute approximate surface area is 88.1 Å². The Morgan fingerprint density at radius 2 is 1.93 bits per heavy atom. The molecule has 1 N–H and O–H groups in total. The third-order valence-corrected chi connectivity index (χ3v) is 3.01. The highest BCUT2D eigenvalue weighted by molar-refractivity contribution is 7.85. The number of fused-ring (bicyclic) bond motifs is 1. The van der Waals surface area contributed by atoms with Crippen LogP contribution in [0, 0.1) is 13.0 Å². The highest BCUT2D eigenvalue weighted by atomic mass is 32.2. The van der Waals surface area contributed by atoms with Gasteiger partial charge in [0, 0.05) is 6.07 Å². The van der Waals surface area contributed by atoms with Gasteiger partial charge in [0.1, 0.15) is 4.90 Å². The Morgan fingerprint density at radius 3 is 2.60 bits per heavy atom. The summed E-state index contributed by atoms with van der Waals surface area (Å²) in [5, 5.41) is 1.62. The van der Waals surface area contributed by atoms with Crippen molar-refractivity contribution in [3.63, 3.8) is 0 Å². The molecular formula is C11H9O3S. The third-order valence-electron chi connectivity index (χ3n) is 2.24. The SMILES string of the molecule is Cc1cc(S(=O)(=O)O)[c]c2ccccc12. The van der Waals surface area contributed by atoms with Gasteiger partial charge in [-0.25, -0.2) is 0 Å². The van der Waals surface area contributed by atoms with Gasteiger partial charge in [-0.05, 0) is 29.3 Å². The summed E-state index contributed by atoms with van der Waals surface area (Å²) in [6.07, 6.45) is 0. The smallest absolute Gasteiger partial charge is 0.282 e. The van der Waals surface area contributed by atoms with Gasteiger partial charge in [-0.2, -0.15) is 8.42 Å². The first-order chi connectivity index (χ1) is 6.98. The van der Waals surface area contributed by atoms with Crippen molar-refractivity contribution in [2.75, 3.05) is 0 Å². The maximum absolute atomic E-state index is 11.0. The topological polar surface area (TPSA) is 54.4 Å². The second-order valence-corrected chi connectivity index (χ2v) is 4.73. The van der Waals surface area contributed by atoms with E-state index < -0.39 is 10.1 Å². The maximum atomic E-state index is 11.0. The van der Waals surface area contributed by atoms with E-state index in [1.807, 2.05) is 12.1 Å². The van der Waals surface area contributed by atoms with Crippen molar-refractivity contribution in [1.29, 1.82) is 0 Å². The van der Waals surface area contributed by atoms with Crippen molar-refractivity contribution in [3.8, 4) is 0 Å². The Morgan fingerprint density at radius 1 is 1.27 bits per heavy atom. The zero-order chi connectivity index (χ0) is 11.1. The summed E-state index contributed by atoms with van der Waals surface area (Å²) in [4.78, 5) is -0.182. The van der Waals surface area contributed by atoms with Crippen LogP contribution < -0.4 is 0 Å². The van der Waals surface area contributed by atoms with Gasteiger partial charge in [0.2, 0.25) is 0 Å². The van der Waals surface area contributed by atoms with E-state index in [-0.39, 0.29) is 4.90 Å². The van der Waals surface area contributed by atoms with E-state index >= 15 is 0 Å². The van der Waals surface area contributed by atoms with Gasteiger partial charge >= 0.3 is 0 Å². The zero-order valence-corrected chi connectivity index (χ0v) is 8.88. The van der Waals surface area contributed by atoms with Crippen molar-refractivity contribution in [2.24, 2.45) is 0 Å².